The molecular weight excluding hydrogens is 443 g/mol. The van der Waals surface area contributed by atoms with E-state index in [0.29, 0.717) is 33.9 Å². The van der Waals surface area contributed by atoms with Crippen molar-refractivity contribution in [3.05, 3.63) is 102 Å². The number of halogens is 3. The molecule has 9 heteroatoms. The third-order valence-electron chi connectivity index (χ3n) is 5.05. The Labute approximate surface area is 193 Å². The first kappa shape index (κ1) is 22.6. The zero-order valence-corrected chi connectivity index (χ0v) is 17.8. The van der Waals surface area contributed by atoms with E-state index >= 15 is 0 Å². The van der Waals surface area contributed by atoms with Gasteiger partial charge in [-0.2, -0.15) is 13.2 Å². The van der Waals surface area contributed by atoms with E-state index in [1.165, 1.54) is 18.3 Å². The summed E-state index contributed by atoms with van der Waals surface area (Å²) in [5, 5.41) is 2.58. The van der Waals surface area contributed by atoms with Gasteiger partial charge in [0.25, 0.3) is 5.91 Å². The summed E-state index contributed by atoms with van der Waals surface area (Å²) >= 11 is 0. The normalized spacial score (nSPS) is 11.0. The maximum atomic E-state index is 13.0. The first-order valence-corrected chi connectivity index (χ1v) is 10.00. The van der Waals surface area contributed by atoms with E-state index in [-0.39, 0.29) is 5.56 Å². The first-order chi connectivity index (χ1) is 16.3. The van der Waals surface area contributed by atoms with Crippen molar-refractivity contribution in [2.75, 3.05) is 5.32 Å². The quantitative estimate of drug-likeness (QED) is 0.362. The van der Waals surface area contributed by atoms with Gasteiger partial charge in [0.2, 0.25) is 5.69 Å². The molecule has 0 saturated carbocycles. The van der Waals surface area contributed by atoms with E-state index in [1.54, 1.807) is 49.8 Å². The molecule has 3 heterocycles. The van der Waals surface area contributed by atoms with Crippen LogP contribution in [-0.2, 0) is 6.18 Å². The number of rotatable bonds is 4. The average Bonchev–Trinajstić information content (AvgIpc) is 2.85. The van der Waals surface area contributed by atoms with Gasteiger partial charge in [-0.3, -0.25) is 19.7 Å². The monoisotopic (exact) mass is 459 g/mol. The minimum absolute atomic E-state index is 0.129. The van der Waals surface area contributed by atoms with Crippen LogP contribution >= 0.6 is 0 Å². The van der Waals surface area contributed by atoms with Crippen LogP contribution in [0.25, 0.3) is 27.2 Å². The van der Waals surface area contributed by atoms with E-state index in [0.717, 1.165) is 17.7 Å². The van der Waals surface area contributed by atoms with E-state index in [9.17, 15) is 18.0 Å². The molecule has 0 bridgehead atoms. The zero-order valence-electron chi connectivity index (χ0n) is 17.8. The van der Waals surface area contributed by atoms with Crippen molar-refractivity contribution in [2.24, 2.45) is 0 Å². The summed E-state index contributed by atoms with van der Waals surface area (Å²) in [5.41, 5.74) is 2.74. The fourth-order valence-corrected chi connectivity index (χ4v) is 3.35. The van der Waals surface area contributed by atoms with Crippen molar-refractivity contribution in [2.45, 2.75) is 13.1 Å². The summed E-state index contributed by atoms with van der Waals surface area (Å²) in [6.45, 7) is 9.32. The number of nitrogens with zero attached hydrogens (tertiary/aromatic N) is 4. The zero-order chi connectivity index (χ0) is 24.3. The molecule has 3 aromatic heterocycles. The van der Waals surface area contributed by atoms with Crippen molar-refractivity contribution >= 4 is 17.3 Å². The van der Waals surface area contributed by atoms with Crippen molar-refractivity contribution in [1.82, 2.24) is 15.0 Å². The molecule has 4 aromatic rings. The van der Waals surface area contributed by atoms with Gasteiger partial charge in [-0.05, 0) is 60.5 Å². The molecular formula is C25H16F3N5O. The molecule has 1 amide bonds. The van der Waals surface area contributed by atoms with Gasteiger partial charge in [0, 0.05) is 35.4 Å². The molecule has 4 rings (SSSR count). The average molecular weight is 459 g/mol. The summed E-state index contributed by atoms with van der Waals surface area (Å²) in [5.74, 6) is -0.698. The van der Waals surface area contributed by atoms with Gasteiger partial charge >= 0.3 is 6.18 Å². The third kappa shape index (κ3) is 4.76. The van der Waals surface area contributed by atoms with E-state index in [1.807, 2.05) is 0 Å². The van der Waals surface area contributed by atoms with E-state index in [4.69, 9.17) is 6.57 Å². The number of aryl methyl sites for hydroxylation is 1. The Balaban J connectivity index is 1.64. The van der Waals surface area contributed by atoms with Crippen LogP contribution < -0.4 is 5.32 Å². The second-order valence-corrected chi connectivity index (χ2v) is 7.33. The molecule has 34 heavy (non-hydrogen) atoms. The third-order valence-corrected chi connectivity index (χ3v) is 5.05. The molecule has 0 radical (unpaired) electrons. The standard InChI is InChI=1S/C25H16F3N5O/c1-15-21(18-11-22(29-2)23(32-13-18)16-6-8-30-9-7-16)12-20(14-31-15)33-24(34)17-4-3-5-19(10-17)25(26,27)28/h3-14H,1H3,(H,33,34). The molecule has 0 aliphatic heterocycles. The van der Waals surface area contributed by atoms with E-state index < -0.39 is 17.6 Å². The number of carbonyl (C=O) groups is 1. The fourth-order valence-electron chi connectivity index (χ4n) is 3.35. The van der Waals surface area contributed by atoms with Crippen LogP contribution in [0.4, 0.5) is 24.5 Å². The van der Waals surface area contributed by atoms with Crippen LogP contribution in [-0.4, -0.2) is 20.9 Å². The Morgan fingerprint density at radius 3 is 2.47 bits per heavy atom. The number of alkyl halides is 3. The molecule has 0 atom stereocenters. The predicted molar refractivity (Wildman–Crippen MR) is 121 cm³/mol. The van der Waals surface area contributed by atoms with Gasteiger partial charge in [-0.25, -0.2) is 4.85 Å². The van der Waals surface area contributed by atoms with Gasteiger partial charge in [0.1, 0.15) is 0 Å². The Morgan fingerprint density at radius 2 is 1.76 bits per heavy atom. The smallest absolute Gasteiger partial charge is 0.321 e. The van der Waals surface area contributed by atoms with Crippen molar-refractivity contribution < 1.29 is 18.0 Å². The molecule has 1 aromatic carbocycles. The largest absolute Gasteiger partial charge is 0.416 e. The molecule has 0 saturated heterocycles. The summed E-state index contributed by atoms with van der Waals surface area (Å²) in [6, 6.07) is 11.0. The highest BCUT2D eigenvalue weighted by molar-refractivity contribution is 6.04. The summed E-state index contributed by atoms with van der Waals surface area (Å²) in [4.78, 5) is 28.9. The van der Waals surface area contributed by atoms with Crippen molar-refractivity contribution in [1.29, 1.82) is 0 Å². The van der Waals surface area contributed by atoms with Crippen molar-refractivity contribution in [3.63, 3.8) is 0 Å². The van der Waals surface area contributed by atoms with Gasteiger partial charge in [-0.15, -0.1) is 0 Å². The van der Waals surface area contributed by atoms with Crippen LogP contribution in [0.5, 0.6) is 0 Å². The molecule has 0 spiro atoms. The number of amides is 1. The minimum atomic E-state index is -4.55. The second-order valence-electron chi connectivity index (χ2n) is 7.33. The number of pyridine rings is 3. The number of benzene rings is 1. The number of hydrogen-bond donors (Lipinski definition) is 1. The fraction of sp³-hybridized carbons (Fsp3) is 0.0800. The van der Waals surface area contributed by atoms with Crippen LogP contribution in [0.2, 0.25) is 0 Å². The van der Waals surface area contributed by atoms with E-state index in [2.05, 4.69) is 25.1 Å². The second kappa shape index (κ2) is 9.11. The lowest BCUT2D eigenvalue weighted by molar-refractivity contribution is -0.137. The van der Waals surface area contributed by atoms with Gasteiger partial charge in [0.15, 0.2) is 0 Å². The number of anilines is 1. The molecule has 168 valence electrons. The molecule has 1 N–H and O–H groups in total. The summed E-state index contributed by atoms with van der Waals surface area (Å²) < 4.78 is 38.9. The van der Waals surface area contributed by atoms with Crippen LogP contribution in [0.15, 0.2) is 73.3 Å². The highest BCUT2D eigenvalue weighted by Gasteiger charge is 2.30. The highest BCUT2D eigenvalue weighted by Crippen LogP contribution is 2.34. The van der Waals surface area contributed by atoms with Crippen LogP contribution in [0.3, 0.4) is 0 Å². The lowest BCUT2D eigenvalue weighted by atomic mass is 10.0. The van der Waals surface area contributed by atoms with Crippen LogP contribution in [0, 0.1) is 13.5 Å². The van der Waals surface area contributed by atoms with Gasteiger partial charge < -0.3 is 5.32 Å². The summed E-state index contributed by atoms with van der Waals surface area (Å²) in [6.07, 6.45) is 1.70. The predicted octanol–water partition coefficient (Wildman–Crippen LogP) is 6.34. The van der Waals surface area contributed by atoms with Crippen LogP contribution in [0.1, 0.15) is 21.6 Å². The highest BCUT2D eigenvalue weighted by atomic mass is 19.4. The molecule has 0 fully saturated rings. The number of nitrogens with one attached hydrogen (secondary N) is 1. The SMILES string of the molecule is [C-]#[N+]c1cc(-c2cc(NC(=O)c3cccc(C(F)(F)F)c3)cnc2C)cnc1-c1ccncc1. The lowest BCUT2D eigenvalue weighted by Gasteiger charge is -2.12. The molecule has 0 aliphatic rings. The molecule has 0 unspecified atom stereocenters. The maximum Gasteiger partial charge on any atom is 0.416 e. The topological polar surface area (TPSA) is 72.1 Å². The van der Waals surface area contributed by atoms with Gasteiger partial charge in [0.05, 0.1) is 29.7 Å². The Bertz CT molecular complexity index is 1410. The number of aromatic nitrogens is 3. The Hall–Kier alpha value is -4.58. The van der Waals surface area contributed by atoms with Gasteiger partial charge in [-0.1, -0.05) is 6.07 Å². The lowest BCUT2D eigenvalue weighted by Crippen LogP contribution is -2.14. The first-order valence-electron chi connectivity index (χ1n) is 10.00. The maximum absolute atomic E-state index is 13.0. The number of carbonyl (C=O) groups excluding carboxylic acids is 1. The Kier molecular flexibility index (Phi) is 6.06. The molecule has 6 nitrogen and oxygen atoms in total. The Morgan fingerprint density at radius 1 is 1.00 bits per heavy atom. The number of hydrogen-bond acceptors (Lipinski definition) is 4. The molecule has 0 aliphatic carbocycles. The minimum Gasteiger partial charge on any atom is -0.321 e. The van der Waals surface area contributed by atoms with Crippen molar-refractivity contribution in [3.8, 4) is 22.4 Å². The summed E-state index contributed by atoms with van der Waals surface area (Å²) in [7, 11) is 0.